The molecule has 7 nitrogen and oxygen atoms in total. The molecule has 2 aromatic heterocycles. The summed E-state index contributed by atoms with van der Waals surface area (Å²) in [7, 11) is 0. The van der Waals surface area contributed by atoms with E-state index in [1.165, 1.54) is 0 Å². The molecule has 0 aliphatic rings. The number of aromatic nitrogens is 3. The van der Waals surface area contributed by atoms with Gasteiger partial charge in [0, 0.05) is 29.4 Å². The number of carbonyl (C=O) groups is 1. The van der Waals surface area contributed by atoms with Crippen LogP contribution in [0.3, 0.4) is 0 Å². The van der Waals surface area contributed by atoms with E-state index in [0.29, 0.717) is 28.2 Å². The van der Waals surface area contributed by atoms with E-state index in [-0.39, 0.29) is 17.6 Å². The van der Waals surface area contributed by atoms with Crippen molar-refractivity contribution in [1.82, 2.24) is 20.3 Å². The highest BCUT2D eigenvalue weighted by atomic mass is 16.5. The Balaban J connectivity index is 2.16. The summed E-state index contributed by atoms with van der Waals surface area (Å²) in [4.78, 5) is 33.8. The molecule has 0 bridgehead atoms. The Kier molecular flexibility index (Phi) is 4.78. The quantitative estimate of drug-likeness (QED) is 0.657. The average Bonchev–Trinajstić information content (AvgIpc) is 2.97. The first kappa shape index (κ1) is 18.7. The lowest BCUT2D eigenvalue weighted by Crippen LogP contribution is -2.31. The third kappa shape index (κ3) is 3.32. The smallest absolute Gasteiger partial charge is 0.325 e. The molecule has 142 valence electrons. The van der Waals surface area contributed by atoms with Crippen molar-refractivity contribution in [3.8, 4) is 11.5 Å². The lowest BCUT2D eigenvalue weighted by Gasteiger charge is -2.21. The van der Waals surface area contributed by atoms with Gasteiger partial charge < -0.3 is 15.0 Å². The maximum Gasteiger partial charge on any atom is 0.325 e. The van der Waals surface area contributed by atoms with Gasteiger partial charge in [-0.2, -0.15) is 0 Å². The zero-order valence-electron chi connectivity index (χ0n) is 16.4. The molecular formula is C20H24N4O3. The summed E-state index contributed by atoms with van der Waals surface area (Å²) < 4.78 is 6.19. The molecule has 7 heteroatoms. The van der Waals surface area contributed by atoms with Crippen molar-refractivity contribution in [2.75, 3.05) is 0 Å². The first-order valence-corrected chi connectivity index (χ1v) is 8.86. The van der Waals surface area contributed by atoms with Gasteiger partial charge in [-0.3, -0.25) is 9.78 Å². The van der Waals surface area contributed by atoms with Gasteiger partial charge in [-0.25, -0.2) is 9.78 Å². The highest BCUT2D eigenvalue weighted by molar-refractivity contribution is 5.98. The normalized spacial score (nSPS) is 11.2. The lowest BCUT2D eigenvalue weighted by molar-refractivity contribution is 0.0941. The third-order valence-electron chi connectivity index (χ3n) is 4.80. The second-order valence-corrected chi connectivity index (χ2v) is 7.05. The second kappa shape index (κ2) is 6.90. The zero-order valence-corrected chi connectivity index (χ0v) is 16.4. The van der Waals surface area contributed by atoms with Crippen LogP contribution in [-0.2, 0) is 0 Å². The molecule has 3 rings (SSSR count). The fourth-order valence-electron chi connectivity index (χ4n) is 3.25. The van der Waals surface area contributed by atoms with Crippen molar-refractivity contribution in [3.05, 3.63) is 50.6 Å². The fourth-order valence-corrected chi connectivity index (χ4v) is 3.25. The number of nitrogens with zero attached hydrogens (tertiary/aromatic N) is 1. The standard InChI is InChI=1S/C20H24N4O3/c1-9(2)22-19(25)15-11(4)10(3)12(5)17(13(15)6)27-14-7-8-21-18-16(14)23-20(26)24-18/h7-9H,1-6H3,(H,22,25)(H2,21,23,24,26). The number of carbonyl (C=O) groups excluding carboxylic acids is 1. The van der Waals surface area contributed by atoms with Crippen LogP contribution in [0, 0.1) is 27.7 Å². The third-order valence-corrected chi connectivity index (χ3v) is 4.80. The van der Waals surface area contributed by atoms with Gasteiger partial charge in [0.1, 0.15) is 11.3 Å². The molecule has 3 N–H and O–H groups in total. The van der Waals surface area contributed by atoms with E-state index < -0.39 is 0 Å². The van der Waals surface area contributed by atoms with E-state index >= 15 is 0 Å². The maximum atomic E-state index is 12.8. The monoisotopic (exact) mass is 368 g/mol. The topological polar surface area (TPSA) is 99.9 Å². The number of hydrogen-bond donors (Lipinski definition) is 3. The molecule has 0 saturated heterocycles. The fraction of sp³-hybridized carbons (Fsp3) is 0.350. The summed E-state index contributed by atoms with van der Waals surface area (Å²) in [5.41, 5.74) is 4.84. The molecule has 0 saturated carbocycles. The van der Waals surface area contributed by atoms with Gasteiger partial charge in [0.25, 0.3) is 5.91 Å². The number of imidazole rings is 1. The summed E-state index contributed by atoms with van der Waals surface area (Å²) in [5.74, 6) is 0.965. The summed E-state index contributed by atoms with van der Waals surface area (Å²) in [5, 5.41) is 2.95. The number of ether oxygens (including phenoxy) is 1. The summed E-state index contributed by atoms with van der Waals surface area (Å²) in [6.45, 7) is 11.6. The highest BCUT2D eigenvalue weighted by Gasteiger charge is 2.22. The molecule has 1 aromatic carbocycles. The Morgan fingerprint density at radius 2 is 1.78 bits per heavy atom. The molecule has 0 aliphatic heterocycles. The van der Waals surface area contributed by atoms with Gasteiger partial charge in [0.15, 0.2) is 11.4 Å². The van der Waals surface area contributed by atoms with Crippen LogP contribution in [0.5, 0.6) is 11.5 Å². The minimum atomic E-state index is -0.348. The number of amides is 1. The van der Waals surface area contributed by atoms with Gasteiger partial charge in [-0.1, -0.05) is 0 Å². The van der Waals surface area contributed by atoms with Gasteiger partial charge in [0.2, 0.25) is 0 Å². The van der Waals surface area contributed by atoms with Crippen LogP contribution in [0.25, 0.3) is 11.2 Å². The molecular weight excluding hydrogens is 344 g/mol. The van der Waals surface area contributed by atoms with Gasteiger partial charge in [-0.15, -0.1) is 0 Å². The van der Waals surface area contributed by atoms with Crippen LogP contribution in [0.4, 0.5) is 0 Å². The van der Waals surface area contributed by atoms with Crippen molar-refractivity contribution >= 4 is 17.1 Å². The molecule has 1 amide bonds. The van der Waals surface area contributed by atoms with Gasteiger partial charge in [0.05, 0.1) is 0 Å². The number of pyridine rings is 1. The van der Waals surface area contributed by atoms with E-state index in [9.17, 15) is 9.59 Å². The lowest BCUT2D eigenvalue weighted by atomic mass is 9.92. The molecule has 0 aliphatic carbocycles. The van der Waals surface area contributed by atoms with E-state index in [2.05, 4.69) is 20.3 Å². The summed E-state index contributed by atoms with van der Waals surface area (Å²) in [6, 6.07) is 1.72. The minimum Gasteiger partial charge on any atom is -0.454 e. The Labute approximate surface area is 157 Å². The van der Waals surface area contributed by atoms with Crippen molar-refractivity contribution in [1.29, 1.82) is 0 Å². The number of hydrogen-bond acceptors (Lipinski definition) is 4. The Morgan fingerprint density at radius 3 is 2.44 bits per heavy atom. The number of benzene rings is 1. The highest BCUT2D eigenvalue weighted by Crippen LogP contribution is 2.37. The number of nitrogens with one attached hydrogen (secondary N) is 3. The van der Waals surface area contributed by atoms with Crippen LogP contribution < -0.4 is 15.7 Å². The first-order valence-electron chi connectivity index (χ1n) is 8.86. The van der Waals surface area contributed by atoms with Crippen LogP contribution in [0.15, 0.2) is 17.1 Å². The minimum absolute atomic E-state index is 0.0343. The SMILES string of the molecule is Cc1c(C)c(Oc2ccnc3[nH]c(=O)[nH]c23)c(C)c(C(=O)NC(C)C)c1C. The number of H-pyrrole nitrogens is 2. The molecule has 0 radical (unpaired) electrons. The predicted molar refractivity (Wildman–Crippen MR) is 105 cm³/mol. The summed E-state index contributed by atoms with van der Waals surface area (Å²) >= 11 is 0. The Bertz CT molecular complexity index is 1090. The van der Waals surface area contributed by atoms with Crippen LogP contribution >= 0.6 is 0 Å². The average molecular weight is 368 g/mol. The summed E-state index contributed by atoms with van der Waals surface area (Å²) in [6.07, 6.45) is 1.57. The molecule has 0 spiro atoms. The molecule has 3 aromatic rings. The number of fused-ring (bicyclic) bond motifs is 1. The number of rotatable bonds is 4. The van der Waals surface area contributed by atoms with E-state index in [1.807, 2.05) is 41.5 Å². The second-order valence-electron chi connectivity index (χ2n) is 7.05. The molecule has 27 heavy (non-hydrogen) atoms. The predicted octanol–water partition coefficient (Wildman–Crippen LogP) is 3.42. The van der Waals surface area contributed by atoms with E-state index in [0.717, 1.165) is 22.3 Å². The van der Waals surface area contributed by atoms with Gasteiger partial charge >= 0.3 is 5.69 Å². The molecule has 0 atom stereocenters. The first-order chi connectivity index (χ1) is 12.7. The van der Waals surface area contributed by atoms with Crippen molar-refractivity contribution in [2.45, 2.75) is 47.6 Å². The molecule has 0 unspecified atom stereocenters. The van der Waals surface area contributed by atoms with Crippen molar-refractivity contribution < 1.29 is 9.53 Å². The van der Waals surface area contributed by atoms with Crippen LogP contribution in [0.1, 0.15) is 46.5 Å². The molecule has 0 fully saturated rings. The largest absolute Gasteiger partial charge is 0.454 e. The van der Waals surface area contributed by atoms with Crippen molar-refractivity contribution in [3.63, 3.8) is 0 Å². The maximum absolute atomic E-state index is 12.8. The Morgan fingerprint density at radius 1 is 1.07 bits per heavy atom. The Hall–Kier alpha value is -3.09. The van der Waals surface area contributed by atoms with Crippen LogP contribution in [0.2, 0.25) is 0 Å². The van der Waals surface area contributed by atoms with Crippen LogP contribution in [-0.4, -0.2) is 26.9 Å². The zero-order chi connectivity index (χ0) is 19.9. The van der Waals surface area contributed by atoms with E-state index in [1.54, 1.807) is 12.3 Å². The van der Waals surface area contributed by atoms with Crippen molar-refractivity contribution in [2.24, 2.45) is 0 Å². The number of aromatic amines is 2. The van der Waals surface area contributed by atoms with E-state index in [4.69, 9.17) is 4.74 Å². The molecule has 2 heterocycles. The van der Waals surface area contributed by atoms with Gasteiger partial charge in [-0.05, 0) is 58.2 Å².